The summed E-state index contributed by atoms with van der Waals surface area (Å²) in [6.07, 6.45) is -37.6. The van der Waals surface area contributed by atoms with Gasteiger partial charge in [-0.2, -0.15) is 11.8 Å². The first-order chi connectivity index (χ1) is 33.8. The van der Waals surface area contributed by atoms with Gasteiger partial charge in [-0.25, -0.2) is 0 Å². The van der Waals surface area contributed by atoms with E-state index in [-0.39, 0.29) is 36.9 Å². The molecule has 0 bridgehead atoms. The van der Waals surface area contributed by atoms with Gasteiger partial charge in [0.15, 0.2) is 18.9 Å². The third-order valence-electron chi connectivity index (χ3n) is 13.3. The molecule has 30 heteroatoms. The number of nitrogens with one attached hydrogen (secondary N) is 1. The van der Waals surface area contributed by atoms with Gasteiger partial charge in [-0.3, -0.25) is 0 Å². The highest BCUT2D eigenvalue weighted by molar-refractivity contribution is 7.99. The van der Waals surface area contributed by atoms with Crippen LogP contribution in [-0.4, -0.2) is 326 Å². The van der Waals surface area contributed by atoms with E-state index in [1.54, 1.807) is 0 Å². The van der Waals surface area contributed by atoms with Gasteiger partial charge in [-0.1, -0.05) is 6.08 Å². The molecular formula is C41H71NO27S2. The summed E-state index contributed by atoms with van der Waals surface area (Å²) < 4.78 is 51.1. The van der Waals surface area contributed by atoms with Crippen LogP contribution in [0, 0.1) is 0 Å². The monoisotopic (exact) mass is 1070 g/mol. The Kier molecular flexibility index (Phi) is 22.7. The Balaban J connectivity index is 0.926. The SMILES string of the molecule is CC1OC(O[C@H]2C(CO)O[C@H](O[C@@H]3C(CO)O[C@@H](SCCOCCSCC4O[C@H](O[C@@H]5C(CO)OCC(O)[C@H]5O)C(O)[C@@H](O)[C@@H]4O)C(O)[C@H]3O)C(O)[C@H]2O)[C@@H](O)[C@@H](O)[C@@H]1N[C@H]1C=C(CO)[C@H](O)C(O)[C@@H]1O. The third-order valence-corrected chi connectivity index (χ3v) is 15.5. The Bertz CT molecular complexity index is 1630. The summed E-state index contributed by atoms with van der Waals surface area (Å²) >= 11 is 2.30. The number of aliphatic hydroxyl groups excluding tert-OH is 18. The predicted octanol–water partition coefficient (Wildman–Crippen LogP) is -10.8. The second-order valence-electron chi connectivity index (χ2n) is 18.1. The molecule has 28 atom stereocenters. The van der Waals surface area contributed by atoms with Crippen molar-refractivity contribution in [3.8, 4) is 0 Å². The zero-order valence-electron chi connectivity index (χ0n) is 38.4. The van der Waals surface area contributed by atoms with Gasteiger partial charge in [0.1, 0.15) is 128 Å². The van der Waals surface area contributed by atoms with E-state index in [2.05, 4.69) is 5.32 Å². The molecule has 0 saturated carbocycles. The number of rotatable bonds is 21. The Labute approximate surface area is 415 Å². The van der Waals surface area contributed by atoms with Crippen LogP contribution in [0.25, 0.3) is 0 Å². The van der Waals surface area contributed by atoms with Gasteiger partial charge in [0.05, 0.1) is 70.5 Å². The van der Waals surface area contributed by atoms with Crippen LogP contribution in [0.3, 0.4) is 0 Å². The Hall–Kier alpha value is -0.680. The molecule has 6 rings (SSSR count). The summed E-state index contributed by atoms with van der Waals surface area (Å²) in [5.41, 5.74) is -1.11. The van der Waals surface area contributed by atoms with Crippen LogP contribution < -0.4 is 5.32 Å². The molecule has 1 aliphatic carbocycles. The van der Waals surface area contributed by atoms with E-state index in [0.29, 0.717) is 5.75 Å². The van der Waals surface area contributed by atoms with Gasteiger partial charge < -0.3 is 140 Å². The van der Waals surface area contributed by atoms with Crippen molar-refractivity contribution < 1.29 is 135 Å². The number of hydrogen-bond acceptors (Lipinski definition) is 30. The van der Waals surface area contributed by atoms with E-state index in [0.717, 1.165) is 11.8 Å². The average molecular weight is 1070 g/mol. The highest BCUT2D eigenvalue weighted by Crippen LogP contribution is 2.35. The number of aliphatic hydroxyl groups is 18. The standard InChI is InChI=1S/C41H71NO27S2/c1-13-21(42-15-6-14(7-43)22(48)27(53)23(15)49)26(52)31(57)38(63-13)68-36-18(9-45)64-40(33(59)29(36)55)69-37-19(10-46)66-41(34(60)30(37)56)71-5-3-61-2-4-70-12-20-25(51)28(54)32(58)39(65-20)67-35-17(8-44)62-11-16(47)24(35)50/h6,13,15-60H,2-5,7-12H2,1H3/t13?,15-,16?,17?,18?,19?,20?,21+,22-,23+,24+,25+,26-,27?,28-,29+,30+,31-,32?,33?,34?,35+,36-,37+,38?,39+,40+,41-/m0/s1. The summed E-state index contributed by atoms with van der Waals surface area (Å²) in [5, 5.41) is 192. The minimum atomic E-state index is -1.98. The lowest BCUT2D eigenvalue weighted by molar-refractivity contribution is -0.366. The summed E-state index contributed by atoms with van der Waals surface area (Å²) in [5.74, 6) is 0.695. The molecule has 5 saturated heterocycles. The largest absolute Gasteiger partial charge is 0.394 e. The molecule has 414 valence electrons. The average Bonchev–Trinajstić information content (AvgIpc) is 3.36. The Morgan fingerprint density at radius 2 is 1.08 bits per heavy atom. The van der Waals surface area contributed by atoms with Crippen LogP contribution in [0.4, 0.5) is 0 Å². The highest BCUT2D eigenvalue weighted by atomic mass is 32.2. The molecule has 0 aromatic heterocycles. The molecule has 5 aliphatic heterocycles. The molecule has 28 nitrogen and oxygen atoms in total. The zero-order chi connectivity index (χ0) is 52.0. The number of hydrogen-bond donors (Lipinski definition) is 19. The Morgan fingerprint density at radius 3 is 1.70 bits per heavy atom. The van der Waals surface area contributed by atoms with Crippen molar-refractivity contribution in [2.45, 2.75) is 178 Å². The van der Waals surface area contributed by atoms with Crippen LogP contribution >= 0.6 is 23.5 Å². The van der Waals surface area contributed by atoms with Crippen molar-refractivity contribution in [1.82, 2.24) is 5.32 Å². The highest BCUT2D eigenvalue weighted by Gasteiger charge is 2.54. The van der Waals surface area contributed by atoms with Crippen LogP contribution in [0.2, 0.25) is 0 Å². The van der Waals surface area contributed by atoms with Gasteiger partial charge in [-0.15, -0.1) is 11.8 Å². The molecule has 0 amide bonds. The first-order valence-corrected chi connectivity index (χ1v) is 25.4. The zero-order valence-corrected chi connectivity index (χ0v) is 40.0. The molecule has 71 heavy (non-hydrogen) atoms. The van der Waals surface area contributed by atoms with E-state index in [4.69, 9.17) is 42.6 Å². The maximum Gasteiger partial charge on any atom is 0.187 e. The minimum absolute atomic E-state index is 0.00325. The lowest BCUT2D eigenvalue weighted by Gasteiger charge is -2.49. The van der Waals surface area contributed by atoms with Crippen LogP contribution in [0.15, 0.2) is 11.6 Å². The molecule has 5 fully saturated rings. The van der Waals surface area contributed by atoms with Crippen LogP contribution in [-0.2, 0) is 42.6 Å². The predicted molar refractivity (Wildman–Crippen MR) is 237 cm³/mol. The maximum atomic E-state index is 11.2. The molecule has 19 N–H and O–H groups in total. The lowest BCUT2D eigenvalue weighted by Crippen LogP contribution is -2.68. The molecule has 5 heterocycles. The smallest absolute Gasteiger partial charge is 0.187 e. The number of ether oxygens (including phenoxy) is 9. The fourth-order valence-corrected chi connectivity index (χ4v) is 11.0. The van der Waals surface area contributed by atoms with Crippen molar-refractivity contribution >= 4 is 23.5 Å². The molecule has 0 aromatic carbocycles. The van der Waals surface area contributed by atoms with E-state index in [1.165, 1.54) is 24.8 Å². The fraction of sp³-hybridized carbons (Fsp3) is 0.951. The third kappa shape index (κ3) is 13.7. The molecule has 0 spiro atoms. The summed E-state index contributed by atoms with van der Waals surface area (Å²) in [6, 6.07) is -2.24. The van der Waals surface area contributed by atoms with Gasteiger partial charge in [0, 0.05) is 17.3 Å². The number of thioether (sulfide) groups is 2. The fourth-order valence-electron chi connectivity index (χ4n) is 9.08. The quantitative estimate of drug-likeness (QED) is 0.0375. The van der Waals surface area contributed by atoms with Crippen molar-refractivity contribution in [3.63, 3.8) is 0 Å². The molecule has 11 unspecified atom stereocenters. The second kappa shape index (κ2) is 27.1. The van der Waals surface area contributed by atoms with E-state index < -0.39 is 197 Å². The summed E-state index contributed by atoms with van der Waals surface area (Å²) in [7, 11) is 0. The molecule has 6 aliphatic rings. The molecule has 0 aromatic rings. The van der Waals surface area contributed by atoms with Crippen molar-refractivity contribution in [1.29, 1.82) is 0 Å². The van der Waals surface area contributed by atoms with Gasteiger partial charge in [-0.05, 0) is 12.5 Å². The van der Waals surface area contributed by atoms with Gasteiger partial charge in [0.25, 0.3) is 0 Å². The molecule has 0 radical (unpaired) electrons. The lowest BCUT2D eigenvalue weighted by atomic mass is 9.86. The van der Waals surface area contributed by atoms with Gasteiger partial charge >= 0.3 is 0 Å². The summed E-state index contributed by atoms with van der Waals surface area (Å²) in [6.45, 7) is -1.32. The van der Waals surface area contributed by atoms with Crippen LogP contribution in [0.1, 0.15) is 6.92 Å². The van der Waals surface area contributed by atoms with E-state index >= 15 is 0 Å². The molecular weight excluding hydrogens is 1000 g/mol. The van der Waals surface area contributed by atoms with E-state index in [9.17, 15) is 91.9 Å². The van der Waals surface area contributed by atoms with Gasteiger partial charge in [0.2, 0.25) is 0 Å². The van der Waals surface area contributed by atoms with Crippen LogP contribution in [0.5, 0.6) is 0 Å². The summed E-state index contributed by atoms with van der Waals surface area (Å²) in [4.78, 5) is 0. The van der Waals surface area contributed by atoms with Crippen molar-refractivity contribution in [3.05, 3.63) is 11.6 Å². The Morgan fingerprint density at radius 1 is 0.549 bits per heavy atom. The van der Waals surface area contributed by atoms with E-state index in [1.807, 2.05) is 0 Å². The normalized spacial score (nSPS) is 48.9. The second-order valence-corrected chi connectivity index (χ2v) is 20.5. The first-order valence-electron chi connectivity index (χ1n) is 23.2. The first kappa shape index (κ1) is 59.6. The topological polar surface area (TPSA) is 459 Å². The van der Waals surface area contributed by atoms with Crippen molar-refractivity contribution in [2.75, 3.05) is 63.5 Å². The van der Waals surface area contributed by atoms with Crippen molar-refractivity contribution in [2.24, 2.45) is 0 Å². The minimum Gasteiger partial charge on any atom is -0.394 e. The maximum absolute atomic E-state index is 11.2.